The van der Waals surface area contributed by atoms with Gasteiger partial charge in [-0.05, 0) is 44.6 Å². The third-order valence-electron chi connectivity index (χ3n) is 4.08. The molecule has 1 aliphatic rings. The highest BCUT2D eigenvalue weighted by Gasteiger charge is 2.20. The Hall–Kier alpha value is -1.63. The molecule has 0 saturated carbocycles. The molecule has 1 heterocycles. The highest BCUT2D eigenvalue weighted by Crippen LogP contribution is 2.13. The van der Waals surface area contributed by atoms with Gasteiger partial charge in [0.1, 0.15) is 0 Å². The molecule has 1 aliphatic heterocycles. The minimum atomic E-state index is -0.0750. The number of halogens is 1. The number of carbonyl (C=O) groups excluding carboxylic acids is 2. The fraction of sp³-hybridized carbons (Fsp3) is 0.529. The Morgan fingerprint density at radius 1 is 1.33 bits per heavy atom. The van der Waals surface area contributed by atoms with E-state index in [1.165, 1.54) is 4.90 Å². The molecule has 0 spiro atoms. The quantitative estimate of drug-likeness (QED) is 0.839. The van der Waals surface area contributed by atoms with Crippen molar-refractivity contribution in [2.45, 2.75) is 18.9 Å². The zero-order valence-corrected chi connectivity index (χ0v) is 15.4. The van der Waals surface area contributed by atoms with E-state index in [1.54, 1.807) is 38.4 Å². The van der Waals surface area contributed by atoms with E-state index in [2.05, 4.69) is 15.5 Å². The molecule has 7 heteroatoms. The Bertz CT molecular complexity index is 565. The van der Waals surface area contributed by atoms with E-state index < -0.39 is 0 Å². The lowest BCUT2D eigenvalue weighted by molar-refractivity contribution is -0.117. The van der Waals surface area contributed by atoms with Crippen LogP contribution in [0.2, 0.25) is 0 Å². The van der Waals surface area contributed by atoms with Crippen LogP contribution in [-0.2, 0) is 4.79 Å². The summed E-state index contributed by atoms with van der Waals surface area (Å²) in [6, 6.07) is 7.51. The van der Waals surface area contributed by atoms with Gasteiger partial charge in [-0.15, -0.1) is 12.4 Å². The molecule has 1 saturated heterocycles. The van der Waals surface area contributed by atoms with Crippen LogP contribution in [0.25, 0.3) is 0 Å². The molecule has 1 aromatic carbocycles. The first-order chi connectivity index (χ1) is 11.0. The molecule has 0 aromatic heterocycles. The van der Waals surface area contributed by atoms with Gasteiger partial charge in [0.25, 0.3) is 5.91 Å². The lowest BCUT2D eigenvalue weighted by atomic mass is 10.1. The monoisotopic (exact) mass is 354 g/mol. The second kappa shape index (κ2) is 9.61. The van der Waals surface area contributed by atoms with Crippen LogP contribution in [0.5, 0.6) is 0 Å². The molecule has 0 radical (unpaired) electrons. The lowest BCUT2D eigenvalue weighted by Crippen LogP contribution is -2.46. The van der Waals surface area contributed by atoms with Crippen LogP contribution in [-0.4, -0.2) is 68.4 Å². The van der Waals surface area contributed by atoms with Crippen LogP contribution < -0.4 is 10.6 Å². The number of nitrogens with one attached hydrogen (secondary N) is 2. The summed E-state index contributed by atoms with van der Waals surface area (Å²) in [4.78, 5) is 27.9. The molecule has 2 amide bonds. The van der Waals surface area contributed by atoms with E-state index in [0.717, 1.165) is 25.9 Å². The molecule has 0 bridgehead atoms. The summed E-state index contributed by atoms with van der Waals surface area (Å²) in [5, 5.41) is 6.16. The van der Waals surface area contributed by atoms with Crippen molar-refractivity contribution in [1.82, 2.24) is 15.1 Å². The average molecular weight is 355 g/mol. The number of carbonyl (C=O) groups is 2. The summed E-state index contributed by atoms with van der Waals surface area (Å²) in [6.07, 6.45) is 2.26. The number of rotatable bonds is 5. The zero-order chi connectivity index (χ0) is 16.8. The zero-order valence-electron chi connectivity index (χ0n) is 14.5. The van der Waals surface area contributed by atoms with Crippen molar-refractivity contribution >= 4 is 29.9 Å². The highest BCUT2D eigenvalue weighted by molar-refractivity contribution is 5.97. The first-order valence-corrected chi connectivity index (χ1v) is 8.01. The van der Waals surface area contributed by atoms with Crippen molar-refractivity contribution in [2.75, 3.05) is 46.1 Å². The Balaban J connectivity index is 0.00000288. The minimum Gasteiger partial charge on any atom is -0.345 e. The number of amides is 2. The average Bonchev–Trinajstić information content (AvgIpc) is 2.54. The minimum absolute atomic E-state index is 0. The molecular weight excluding hydrogens is 328 g/mol. The van der Waals surface area contributed by atoms with Crippen LogP contribution in [0, 0.1) is 0 Å². The third-order valence-corrected chi connectivity index (χ3v) is 4.08. The maximum absolute atomic E-state index is 12.2. The van der Waals surface area contributed by atoms with E-state index in [4.69, 9.17) is 0 Å². The number of piperidine rings is 1. The molecule has 134 valence electrons. The lowest BCUT2D eigenvalue weighted by Gasteiger charge is -2.31. The van der Waals surface area contributed by atoms with Gasteiger partial charge in [-0.3, -0.25) is 14.5 Å². The smallest absolute Gasteiger partial charge is 0.253 e. The van der Waals surface area contributed by atoms with Gasteiger partial charge < -0.3 is 15.5 Å². The summed E-state index contributed by atoms with van der Waals surface area (Å²) < 4.78 is 0. The molecule has 1 aromatic rings. The molecule has 2 N–H and O–H groups in total. The maximum atomic E-state index is 12.2. The topological polar surface area (TPSA) is 64.7 Å². The van der Waals surface area contributed by atoms with Crippen LogP contribution in [0.1, 0.15) is 23.2 Å². The van der Waals surface area contributed by atoms with Gasteiger partial charge in [0.2, 0.25) is 5.91 Å². The first-order valence-electron chi connectivity index (χ1n) is 8.01. The predicted octanol–water partition coefficient (Wildman–Crippen LogP) is 1.43. The molecular formula is C17H27ClN4O2. The van der Waals surface area contributed by atoms with Crippen LogP contribution >= 0.6 is 12.4 Å². The van der Waals surface area contributed by atoms with Gasteiger partial charge in [-0.25, -0.2) is 0 Å². The summed E-state index contributed by atoms with van der Waals surface area (Å²) >= 11 is 0. The first kappa shape index (κ1) is 20.4. The van der Waals surface area contributed by atoms with Crippen molar-refractivity contribution in [2.24, 2.45) is 0 Å². The summed E-state index contributed by atoms with van der Waals surface area (Å²) in [6.45, 7) is 2.22. The molecule has 6 nitrogen and oxygen atoms in total. The number of nitrogens with zero attached hydrogens (tertiary/aromatic N) is 2. The second-order valence-corrected chi connectivity index (χ2v) is 6.19. The van der Waals surface area contributed by atoms with Gasteiger partial charge >= 0.3 is 0 Å². The summed E-state index contributed by atoms with van der Waals surface area (Å²) in [7, 11) is 5.38. The van der Waals surface area contributed by atoms with Crippen molar-refractivity contribution in [3.63, 3.8) is 0 Å². The summed E-state index contributed by atoms with van der Waals surface area (Å²) in [5.41, 5.74) is 1.23. The van der Waals surface area contributed by atoms with E-state index >= 15 is 0 Å². The molecule has 24 heavy (non-hydrogen) atoms. The Labute approximate surface area is 150 Å². The van der Waals surface area contributed by atoms with Crippen LogP contribution in [0.3, 0.4) is 0 Å². The van der Waals surface area contributed by atoms with Crippen LogP contribution in [0.15, 0.2) is 24.3 Å². The van der Waals surface area contributed by atoms with E-state index in [9.17, 15) is 9.59 Å². The molecule has 1 atom stereocenters. The van der Waals surface area contributed by atoms with Gasteiger partial charge in [0.15, 0.2) is 0 Å². The highest BCUT2D eigenvalue weighted by atomic mass is 35.5. The van der Waals surface area contributed by atoms with E-state index in [-0.39, 0.29) is 24.2 Å². The predicted molar refractivity (Wildman–Crippen MR) is 98.9 cm³/mol. The van der Waals surface area contributed by atoms with Crippen LogP contribution in [0.4, 0.5) is 5.69 Å². The van der Waals surface area contributed by atoms with Gasteiger partial charge in [0.05, 0.1) is 6.54 Å². The van der Waals surface area contributed by atoms with Crippen molar-refractivity contribution < 1.29 is 9.59 Å². The summed E-state index contributed by atoms with van der Waals surface area (Å²) in [5.74, 6) is -0.120. The Morgan fingerprint density at radius 3 is 2.75 bits per heavy atom. The van der Waals surface area contributed by atoms with E-state index in [0.29, 0.717) is 23.8 Å². The Morgan fingerprint density at radius 2 is 2.08 bits per heavy atom. The van der Waals surface area contributed by atoms with Crippen molar-refractivity contribution in [3.8, 4) is 0 Å². The maximum Gasteiger partial charge on any atom is 0.253 e. The second-order valence-electron chi connectivity index (χ2n) is 6.19. The number of likely N-dealkylation sites (N-methyl/N-ethyl adjacent to an activating group) is 1. The van der Waals surface area contributed by atoms with Gasteiger partial charge in [-0.2, -0.15) is 0 Å². The number of hydrogen-bond donors (Lipinski definition) is 2. The molecule has 1 unspecified atom stereocenters. The number of hydrogen-bond acceptors (Lipinski definition) is 4. The Kier molecular flexibility index (Phi) is 8.18. The van der Waals surface area contributed by atoms with E-state index in [1.807, 2.05) is 7.05 Å². The van der Waals surface area contributed by atoms with Crippen molar-refractivity contribution in [1.29, 1.82) is 0 Å². The van der Waals surface area contributed by atoms with Gasteiger partial charge in [0, 0.05) is 37.9 Å². The largest absolute Gasteiger partial charge is 0.345 e. The number of likely N-dealkylation sites (tertiary alicyclic amines) is 1. The SMILES string of the molecule is CNC1CCCN(CC(=O)Nc2cccc(C(=O)N(C)C)c2)C1.Cl. The third kappa shape index (κ3) is 5.78. The van der Waals surface area contributed by atoms with Gasteiger partial charge in [-0.1, -0.05) is 6.07 Å². The normalized spacial score (nSPS) is 17.7. The molecule has 1 fully saturated rings. The molecule has 0 aliphatic carbocycles. The number of benzene rings is 1. The number of anilines is 1. The fourth-order valence-corrected chi connectivity index (χ4v) is 2.83. The van der Waals surface area contributed by atoms with Crippen molar-refractivity contribution in [3.05, 3.63) is 29.8 Å². The molecule has 2 rings (SSSR count). The fourth-order valence-electron chi connectivity index (χ4n) is 2.83. The standard InChI is InChI=1S/C17H26N4O2.ClH/c1-18-15-8-5-9-21(11-15)12-16(22)19-14-7-4-6-13(10-14)17(23)20(2)3;/h4,6-7,10,15,18H,5,8-9,11-12H2,1-3H3,(H,19,22);1H.